The van der Waals surface area contributed by atoms with E-state index in [9.17, 15) is 13.2 Å². The molecule has 0 saturated carbocycles. The van der Waals surface area contributed by atoms with E-state index in [-0.39, 0.29) is 6.42 Å². The molecule has 12 heavy (non-hydrogen) atoms. The van der Waals surface area contributed by atoms with Crippen LogP contribution in [0.25, 0.3) is 0 Å². The topological polar surface area (TPSA) is 0 Å². The predicted octanol–water partition coefficient (Wildman–Crippen LogP) is 4.11. The highest BCUT2D eigenvalue weighted by Crippen LogP contribution is 2.26. The second-order valence-corrected chi connectivity index (χ2v) is 2.93. The molecule has 0 rings (SSSR count). The molecule has 0 aromatic rings. The fourth-order valence-corrected chi connectivity index (χ4v) is 1.14. The van der Waals surface area contributed by atoms with E-state index in [0.717, 1.165) is 12.8 Å². The molecule has 0 nitrogen and oxygen atoms in total. The Morgan fingerprint density at radius 2 is 1.58 bits per heavy atom. The van der Waals surface area contributed by atoms with Crippen LogP contribution in [0.3, 0.4) is 0 Å². The third kappa shape index (κ3) is 6.50. The predicted molar refractivity (Wildman–Crippen MR) is 43.7 cm³/mol. The first kappa shape index (κ1) is 11.8. The quantitative estimate of drug-likeness (QED) is 0.598. The van der Waals surface area contributed by atoms with Gasteiger partial charge in [0.15, 0.2) is 0 Å². The molecule has 0 amide bonds. The molecule has 0 aliphatic heterocycles. The highest BCUT2D eigenvalue weighted by molar-refractivity contribution is 4.85. The van der Waals surface area contributed by atoms with E-state index in [0.29, 0.717) is 6.42 Å². The first-order chi connectivity index (χ1) is 5.49. The molecule has 0 unspecified atom stereocenters. The minimum absolute atomic E-state index is 0.251. The van der Waals surface area contributed by atoms with E-state index < -0.39 is 12.6 Å². The number of rotatable bonds is 5. The lowest BCUT2D eigenvalue weighted by Gasteiger charge is -2.11. The summed E-state index contributed by atoms with van der Waals surface area (Å²) >= 11 is 0. The molecule has 0 N–H and O–H groups in total. The molecule has 0 atom stereocenters. The van der Waals surface area contributed by atoms with Gasteiger partial charge in [-0.15, -0.1) is 0 Å². The number of alkyl halides is 3. The molecule has 0 saturated heterocycles. The maximum absolute atomic E-state index is 11.7. The summed E-state index contributed by atoms with van der Waals surface area (Å²) in [5, 5.41) is 0. The van der Waals surface area contributed by atoms with Gasteiger partial charge in [0.2, 0.25) is 0 Å². The van der Waals surface area contributed by atoms with Crippen molar-refractivity contribution < 1.29 is 13.2 Å². The van der Waals surface area contributed by atoms with E-state index >= 15 is 0 Å². The van der Waals surface area contributed by atoms with Crippen molar-refractivity contribution in [2.75, 3.05) is 0 Å². The van der Waals surface area contributed by atoms with E-state index in [2.05, 4.69) is 0 Å². The summed E-state index contributed by atoms with van der Waals surface area (Å²) in [6.07, 6.45) is -1.92. The Morgan fingerprint density at radius 1 is 1.08 bits per heavy atom. The molecular weight excluding hydrogens is 165 g/mol. The van der Waals surface area contributed by atoms with Crippen molar-refractivity contribution in [1.29, 1.82) is 0 Å². The van der Waals surface area contributed by atoms with Crippen LogP contribution < -0.4 is 0 Å². The number of halogens is 3. The Hall–Kier alpha value is -0.210. The zero-order chi connectivity index (χ0) is 9.61. The standard InChI is InChI=1S/C9H16F3/c1-3-8(4-2)6-5-7-9(10,11)12/h3-7H2,1-2H3. The largest absolute Gasteiger partial charge is 0.389 e. The smallest absolute Gasteiger partial charge is 0.171 e. The Labute approximate surface area is 72.2 Å². The van der Waals surface area contributed by atoms with E-state index in [1.54, 1.807) is 0 Å². The van der Waals surface area contributed by atoms with Gasteiger partial charge in [-0.3, -0.25) is 0 Å². The Kier molecular flexibility index (Phi) is 5.34. The van der Waals surface area contributed by atoms with Crippen molar-refractivity contribution in [3.05, 3.63) is 5.92 Å². The van der Waals surface area contributed by atoms with Crippen LogP contribution in [0.1, 0.15) is 46.0 Å². The minimum atomic E-state index is -3.98. The van der Waals surface area contributed by atoms with Gasteiger partial charge in [0.1, 0.15) is 0 Å². The van der Waals surface area contributed by atoms with Gasteiger partial charge in [0.05, 0.1) is 0 Å². The average molecular weight is 181 g/mol. The maximum Gasteiger partial charge on any atom is 0.389 e. The van der Waals surface area contributed by atoms with Gasteiger partial charge in [0.25, 0.3) is 0 Å². The van der Waals surface area contributed by atoms with Gasteiger partial charge in [-0.05, 0) is 31.6 Å². The SMILES string of the molecule is CC[C](CC)CCCC(F)(F)F. The Morgan fingerprint density at radius 3 is 1.92 bits per heavy atom. The Balaban J connectivity index is 3.41. The molecule has 0 aromatic carbocycles. The molecule has 0 heterocycles. The summed E-state index contributed by atoms with van der Waals surface area (Å²) in [7, 11) is 0. The van der Waals surface area contributed by atoms with Crippen LogP contribution in [-0.2, 0) is 0 Å². The summed E-state index contributed by atoms with van der Waals surface area (Å²) in [6, 6.07) is 0. The van der Waals surface area contributed by atoms with Crippen LogP contribution in [0.4, 0.5) is 13.2 Å². The van der Waals surface area contributed by atoms with Crippen LogP contribution >= 0.6 is 0 Å². The molecule has 3 heteroatoms. The molecule has 0 aliphatic carbocycles. The lowest BCUT2D eigenvalue weighted by atomic mass is 9.97. The monoisotopic (exact) mass is 181 g/mol. The second-order valence-electron chi connectivity index (χ2n) is 2.93. The summed E-state index contributed by atoms with van der Waals surface area (Å²) in [5.41, 5.74) is 0. The highest BCUT2D eigenvalue weighted by Gasteiger charge is 2.26. The van der Waals surface area contributed by atoms with Gasteiger partial charge in [-0.25, -0.2) is 0 Å². The van der Waals surface area contributed by atoms with Crippen molar-refractivity contribution in [2.24, 2.45) is 0 Å². The molecule has 0 bridgehead atoms. The van der Waals surface area contributed by atoms with Gasteiger partial charge in [0, 0.05) is 6.42 Å². The van der Waals surface area contributed by atoms with E-state index in [1.807, 2.05) is 13.8 Å². The van der Waals surface area contributed by atoms with Gasteiger partial charge >= 0.3 is 6.18 Å². The summed E-state index contributed by atoms with van der Waals surface area (Å²) in [4.78, 5) is 0. The highest BCUT2D eigenvalue weighted by atomic mass is 19.4. The fourth-order valence-electron chi connectivity index (χ4n) is 1.14. The van der Waals surface area contributed by atoms with Crippen molar-refractivity contribution in [3.63, 3.8) is 0 Å². The Bertz CT molecular complexity index is 103. The molecule has 0 fully saturated rings. The first-order valence-corrected chi connectivity index (χ1v) is 4.40. The van der Waals surface area contributed by atoms with Crippen LogP contribution in [0, 0.1) is 5.92 Å². The summed E-state index contributed by atoms with van der Waals surface area (Å²) < 4.78 is 35.1. The third-order valence-corrected chi connectivity index (χ3v) is 1.99. The lowest BCUT2D eigenvalue weighted by molar-refractivity contribution is -0.135. The summed E-state index contributed by atoms with van der Waals surface area (Å²) in [6.45, 7) is 3.98. The number of hydrogen-bond acceptors (Lipinski definition) is 0. The van der Waals surface area contributed by atoms with Gasteiger partial charge in [-0.1, -0.05) is 13.8 Å². The molecule has 1 radical (unpaired) electrons. The van der Waals surface area contributed by atoms with Crippen molar-refractivity contribution in [1.82, 2.24) is 0 Å². The van der Waals surface area contributed by atoms with Crippen LogP contribution in [0.15, 0.2) is 0 Å². The van der Waals surface area contributed by atoms with Crippen molar-refractivity contribution in [3.8, 4) is 0 Å². The molecule has 73 valence electrons. The van der Waals surface area contributed by atoms with Gasteiger partial charge < -0.3 is 0 Å². The van der Waals surface area contributed by atoms with E-state index in [4.69, 9.17) is 0 Å². The van der Waals surface area contributed by atoms with Crippen LogP contribution in [-0.4, -0.2) is 6.18 Å². The van der Waals surface area contributed by atoms with Crippen molar-refractivity contribution >= 4 is 0 Å². The average Bonchev–Trinajstić information content (AvgIpc) is 1.96. The van der Waals surface area contributed by atoms with Crippen LogP contribution in [0.2, 0.25) is 0 Å². The summed E-state index contributed by atoms with van der Waals surface area (Å²) in [5.74, 6) is 1.24. The zero-order valence-electron chi connectivity index (χ0n) is 7.67. The number of hydrogen-bond donors (Lipinski definition) is 0. The fraction of sp³-hybridized carbons (Fsp3) is 0.889. The molecule has 0 aromatic heterocycles. The molecule has 0 aliphatic rings. The lowest BCUT2D eigenvalue weighted by Crippen LogP contribution is -2.07. The normalized spacial score (nSPS) is 12.5. The second kappa shape index (κ2) is 5.44. The minimum Gasteiger partial charge on any atom is -0.171 e. The first-order valence-electron chi connectivity index (χ1n) is 4.40. The zero-order valence-corrected chi connectivity index (χ0v) is 7.67. The molecule has 0 spiro atoms. The molecular formula is C9H16F3. The van der Waals surface area contributed by atoms with Crippen LogP contribution in [0.5, 0.6) is 0 Å². The van der Waals surface area contributed by atoms with Gasteiger partial charge in [-0.2, -0.15) is 13.2 Å². The van der Waals surface area contributed by atoms with E-state index in [1.165, 1.54) is 5.92 Å². The maximum atomic E-state index is 11.7. The van der Waals surface area contributed by atoms with Crippen molar-refractivity contribution in [2.45, 2.75) is 52.1 Å². The third-order valence-electron chi connectivity index (χ3n) is 1.99.